The molecule has 2 rings (SSSR count). The van der Waals surface area contributed by atoms with Crippen molar-refractivity contribution in [3.8, 4) is 0 Å². The molecule has 0 amide bonds. The number of nitrogens with zero attached hydrogens (tertiary/aromatic N) is 4. The van der Waals surface area contributed by atoms with Crippen molar-refractivity contribution in [1.29, 1.82) is 0 Å². The lowest BCUT2D eigenvalue weighted by Gasteiger charge is -2.01. The van der Waals surface area contributed by atoms with Crippen LogP contribution in [0.15, 0.2) is 12.3 Å². The summed E-state index contributed by atoms with van der Waals surface area (Å²) in [6, 6.07) is 1.39. The minimum absolute atomic E-state index is 0.150. The highest BCUT2D eigenvalue weighted by molar-refractivity contribution is 6.30. The van der Waals surface area contributed by atoms with Crippen molar-refractivity contribution in [2.24, 2.45) is 0 Å². The molecule has 0 aliphatic rings. The molecule has 2 aromatic rings. The molecule has 0 aromatic carbocycles. The summed E-state index contributed by atoms with van der Waals surface area (Å²) in [5.41, 5.74) is 0.558. The van der Waals surface area contributed by atoms with Crippen molar-refractivity contribution in [2.45, 2.75) is 6.92 Å². The Morgan fingerprint density at radius 1 is 1.67 bits per heavy atom. The van der Waals surface area contributed by atoms with Gasteiger partial charge in [-0.05, 0) is 6.92 Å². The fraction of sp³-hybridized carbons (Fsp3) is 0.250. The molecule has 0 aliphatic carbocycles. The number of hydrogen-bond donors (Lipinski definition) is 0. The maximum absolute atomic E-state index is 11.4. The molecular formula is C8H7ClN4O2. The molecule has 0 fully saturated rings. The van der Waals surface area contributed by atoms with E-state index >= 15 is 0 Å². The van der Waals surface area contributed by atoms with Gasteiger partial charge in [-0.2, -0.15) is 4.52 Å². The molecule has 0 unspecified atom stereocenters. The Morgan fingerprint density at radius 2 is 2.47 bits per heavy atom. The molecular weight excluding hydrogens is 220 g/mol. The zero-order valence-corrected chi connectivity index (χ0v) is 8.60. The van der Waals surface area contributed by atoms with E-state index in [1.165, 1.54) is 16.8 Å². The summed E-state index contributed by atoms with van der Waals surface area (Å²) in [4.78, 5) is 15.4. The smallest absolute Gasteiger partial charge is 0.357 e. The summed E-state index contributed by atoms with van der Waals surface area (Å²) in [6.45, 7) is 2.01. The first-order valence-corrected chi connectivity index (χ1v) is 4.64. The van der Waals surface area contributed by atoms with E-state index in [1.54, 1.807) is 6.92 Å². The molecule has 7 heteroatoms. The normalized spacial score (nSPS) is 10.5. The van der Waals surface area contributed by atoms with Crippen LogP contribution in [0.25, 0.3) is 5.65 Å². The molecule has 6 nitrogen and oxygen atoms in total. The van der Waals surface area contributed by atoms with E-state index in [9.17, 15) is 4.79 Å². The van der Waals surface area contributed by atoms with Crippen molar-refractivity contribution in [3.05, 3.63) is 23.1 Å². The van der Waals surface area contributed by atoms with Crippen LogP contribution < -0.4 is 0 Å². The van der Waals surface area contributed by atoms with E-state index in [-0.39, 0.29) is 10.8 Å². The number of esters is 1. The lowest BCUT2D eigenvalue weighted by molar-refractivity contribution is 0.0519. The lowest BCUT2D eigenvalue weighted by Crippen LogP contribution is -2.08. The third-order valence-electron chi connectivity index (χ3n) is 1.71. The Labute approximate surface area is 89.8 Å². The van der Waals surface area contributed by atoms with Crippen LogP contribution >= 0.6 is 11.6 Å². The van der Waals surface area contributed by atoms with Crippen LogP contribution in [0, 0.1) is 0 Å². The molecule has 0 radical (unpaired) electrons. The van der Waals surface area contributed by atoms with Gasteiger partial charge in [-0.1, -0.05) is 16.8 Å². The fourth-order valence-corrected chi connectivity index (χ4v) is 1.32. The third kappa shape index (κ3) is 1.75. The molecule has 0 bridgehead atoms. The van der Waals surface area contributed by atoms with E-state index < -0.39 is 5.97 Å². The summed E-state index contributed by atoms with van der Waals surface area (Å²) in [5, 5.41) is 7.57. The summed E-state index contributed by atoms with van der Waals surface area (Å²) < 4.78 is 6.12. The van der Waals surface area contributed by atoms with Gasteiger partial charge in [0.15, 0.2) is 11.3 Å². The van der Waals surface area contributed by atoms with Gasteiger partial charge in [0.25, 0.3) is 0 Å². The van der Waals surface area contributed by atoms with Crippen LogP contribution in [0.3, 0.4) is 0 Å². The highest BCUT2D eigenvalue weighted by atomic mass is 35.5. The first kappa shape index (κ1) is 9.85. The molecule has 15 heavy (non-hydrogen) atoms. The molecule has 2 heterocycles. The van der Waals surface area contributed by atoms with Gasteiger partial charge in [0, 0.05) is 6.07 Å². The number of aromatic nitrogens is 4. The second kappa shape index (κ2) is 3.82. The Bertz CT molecular complexity index is 510. The van der Waals surface area contributed by atoms with E-state index in [2.05, 4.69) is 15.3 Å². The van der Waals surface area contributed by atoms with Gasteiger partial charge in [0.05, 0.1) is 12.8 Å². The standard InChI is InChI=1S/C8H7ClN4O2/c1-2-15-8(14)5-3-6(9)13-7(11-5)4-10-12-13/h3-4H,2H2,1H3. The van der Waals surface area contributed by atoms with Crippen LogP contribution in [0.1, 0.15) is 17.4 Å². The second-order valence-corrected chi connectivity index (χ2v) is 3.08. The highest BCUT2D eigenvalue weighted by Crippen LogP contribution is 2.12. The number of rotatable bonds is 2. The van der Waals surface area contributed by atoms with Gasteiger partial charge in [-0.3, -0.25) is 0 Å². The van der Waals surface area contributed by atoms with Crippen LogP contribution in [-0.2, 0) is 4.74 Å². The van der Waals surface area contributed by atoms with E-state index in [0.717, 1.165) is 0 Å². The van der Waals surface area contributed by atoms with Gasteiger partial charge in [0.1, 0.15) is 5.15 Å². The minimum atomic E-state index is -0.511. The van der Waals surface area contributed by atoms with Gasteiger partial charge >= 0.3 is 5.97 Å². The van der Waals surface area contributed by atoms with Gasteiger partial charge in [-0.15, -0.1) is 5.10 Å². The highest BCUT2D eigenvalue weighted by Gasteiger charge is 2.12. The SMILES string of the molecule is CCOC(=O)c1cc(Cl)n2nncc2n1. The number of carbonyl (C=O) groups is 1. The average molecular weight is 227 g/mol. The molecule has 0 saturated carbocycles. The fourth-order valence-electron chi connectivity index (χ4n) is 1.10. The second-order valence-electron chi connectivity index (χ2n) is 2.69. The van der Waals surface area contributed by atoms with Crippen molar-refractivity contribution in [2.75, 3.05) is 6.61 Å². The predicted octanol–water partition coefficient (Wildman–Crippen LogP) is 0.954. The first-order chi connectivity index (χ1) is 7.22. The zero-order valence-electron chi connectivity index (χ0n) is 7.85. The first-order valence-electron chi connectivity index (χ1n) is 4.26. The molecule has 2 aromatic heterocycles. The molecule has 0 saturated heterocycles. The van der Waals surface area contributed by atoms with E-state index in [1.807, 2.05) is 0 Å². The summed E-state index contributed by atoms with van der Waals surface area (Å²) in [7, 11) is 0. The minimum Gasteiger partial charge on any atom is -0.461 e. The largest absolute Gasteiger partial charge is 0.461 e. The number of halogens is 1. The van der Waals surface area contributed by atoms with Gasteiger partial charge in [0.2, 0.25) is 0 Å². The van der Waals surface area contributed by atoms with Crippen LogP contribution in [-0.4, -0.2) is 32.4 Å². The van der Waals surface area contributed by atoms with Crippen LogP contribution in [0.4, 0.5) is 0 Å². The van der Waals surface area contributed by atoms with Gasteiger partial charge in [-0.25, -0.2) is 9.78 Å². The predicted molar refractivity (Wildman–Crippen MR) is 51.7 cm³/mol. The number of hydrogen-bond acceptors (Lipinski definition) is 5. The number of carbonyl (C=O) groups excluding carboxylic acids is 1. The van der Waals surface area contributed by atoms with Crippen molar-refractivity contribution in [1.82, 2.24) is 19.8 Å². The number of ether oxygens (including phenoxy) is 1. The monoisotopic (exact) mass is 226 g/mol. The Morgan fingerprint density at radius 3 is 3.20 bits per heavy atom. The Hall–Kier alpha value is -1.69. The Balaban J connectivity index is 2.49. The molecule has 0 aliphatic heterocycles. The summed E-state index contributed by atoms with van der Waals surface area (Å²) in [6.07, 6.45) is 1.41. The summed E-state index contributed by atoms with van der Waals surface area (Å²) >= 11 is 5.86. The Kier molecular flexibility index (Phi) is 2.51. The quantitative estimate of drug-likeness (QED) is 0.563. The average Bonchev–Trinajstić information content (AvgIpc) is 2.66. The van der Waals surface area contributed by atoms with E-state index in [4.69, 9.17) is 16.3 Å². The molecule has 0 spiro atoms. The maximum atomic E-state index is 11.4. The van der Waals surface area contributed by atoms with Crippen LogP contribution in [0.2, 0.25) is 5.15 Å². The third-order valence-corrected chi connectivity index (χ3v) is 1.98. The van der Waals surface area contributed by atoms with Crippen molar-refractivity contribution < 1.29 is 9.53 Å². The van der Waals surface area contributed by atoms with Gasteiger partial charge < -0.3 is 4.74 Å². The summed E-state index contributed by atoms with van der Waals surface area (Å²) in [5.74, 6) is -0.511. The zero-order chi connectivity index (χ0) is 10.8. The lowest BCUT2D eigenvalue weighted by atomic mass is 10.4. The van der Waals surface area contributed by atoms with Crippen molar-refractivity contribution >= 4 is 23.2 Å². The molecule has 0 atom stereocenters. The molecule has 0 N–H and O–H groups in total. The molecule has 78 valence electrons. The van der Waals surface area contributed by atoms with Crippen LogP contribution in [0.5, 0.6) is 0 Å². The topological polar surface area (TPSA) is 69.4 Å². The number of fused-ring (bicyclic) bond motifs is 1. The maximum Gasteiger partial charge on any atom is 0.357 e. The van der Waals surface area contributed by atoms with Crippen molar-refractivity contribution in [3.63, 3.8) is 0 Å². The van der Waals surface area contributed by atoms with E-state index in [0.29, 0.717) is 12.3 Å².